The summed E-state index contributed by atoms with van der Waals surface area (Å²) in [5.41, 5.74) is 1.71. The molecule has 148 valence electrons. The fourth-order valence-electron chi connectivity index (χ4n) is 2.86. The second-order valence-corrected chi connectivity index (χ2v) is 9.37. The molecular weight excluding hydrogens is 426 g/mol. The summed E-state index contributed by atoms with van der Waals surface area (Å²) >= 11 is 4.02. The zero-order valence-electron chi connectivity index (χ0n) is 15.7. The van der Waals surface area contributed by atoms with Gasteiger partial charge in [-0.3, -0.25) is 14.9 Å². The van der Waals surface area contributed by atoms with E-state index in [2.05, 4.69) is 25.5 Å². The number of benzene rings is 1. The van der Waals surface area contributed by atoms with Gasteiger partial charge in [0.15, 0.2) is 5.16 Å². The van der Waals surface area contributed by atoms with Gasteiger partial charge in [0.05, 0.1) is 11.1 Å². The summed E-state index contributed by atoms with van der Waals surface area (Å²) in [6.07, 6.45) is 0.776. The van der Waals surface area contributed by atoms with Gasteiger partial charge in [0.1, 0.15) is 9.84 Å². The number of carbonyl (C=O) groups is 1. The van der Waals surface area contributed by atoms with E-state index in [0.717, 1.165) is 27.4 Å². The van der Waals surface area contributed by atoms with E-state index in [0.29, 0.717) is 20.5 Å². The van der Waals surface area contributed by atoms with Crippen LogP contribution in [0, 0.1) is 6.92 Å². The summed E-state index contributed by atoms with van der Waals surface area (Å²) in [5, 5.41) is 13.0. The van der Waals surface area contributed by atoms with Crippen molar-refractivity contribution in [3.8, 4) is 11.1 Å². The van der Waals surface area contributed by atoms with E-state index < -0.39 is 0 Å². The number of aromatic amines is 1. The number of hydrogen-bond acceptors (Lipinski definition) is 8. The van der Waals surface area contributed by atoms with Crippen molar-refractivity contribution in [3.05, 3.63) is 50.6 Å². The molecule has 0 radical (unpaired) electrons. The Bertz CT molecular complexity index is 1230. The third kappa shape index (κ3) is 4.24. The van der Waals surface area contributed by atoms with Gasteiger partial charge in [-0.1, -0.05) is 60.4 Å². The van der Waals surface area contributed by atoms with Crippen LogP contribution < -0.4 is 10.9 Å². The first-order chi connectivity index (χ1) is 14.0. The van der Waals surface area contributed by atoms with Gasteiger partial charge >= 0.3 is 0 Å². The molecule has 3 aromatic heterocycles. The minimum absolute atomic E-state index is 0.116. The average Bonchev–Trinajstić information content (AvgIpc) is 3.30. The molecule has 0 aliphatic heterocycles. The van der Waals surface area contributed by atoms with E-state index in [4.69, 9.17) is 0 Å². The Kier molecular flexibility index (Phi) is 5.74. The smallest absolute Gasteiger partial charge is 0.260 e. The maximum Gasteiger partial charge on any atom is 0.260 e. The van der Waals surface area contributed by atoms with Crippen molar-refractivity contribution in [2.45, 2.75) is 25.4 Å². The highest BCUT2D eigenvalue weighted by Crippen LogP contribution is 2.35. The molecule has 10 heteroatoms. The number of rotatable bonds is 6. The molecule has 4 rings (SSSR count). The zero-order valence-corrected chi connectivity index (χ0v) is 18.1. The number of H-pyrrole nitrogens is 1. The average molecular weight is 444 g/mol. The first-order valence-corrected chi connectivity index (χ1v) is 11.5. The first kappa shape index (κ1) is 19.7. The quantitative estimate of drug-likeness (QED) is 0.344. The molecule has 2 N–H and O–H groups in total. The molecule has 0 saturated carbocycles. The maximum atomic E-state index is 12.8. The Morgan fingerprint density at radius 1 is 1.21 bits per heavy atom. The summed E-state index contributed by atoms with van der Waals surface area (Å²) < 4.78 is 0. The van der Waals surface area contributed by atoms with Crippen molar-refractivity contribution in [2.24, 2.45) is 0 Å². The number of aryl methyl sites for hydroxylation is 2. The van der Waals surface area contributed by atoms with Crippen LogP contribution in [-0.4, -0.2) is 31.8 Å². The SMILES string of the molecule is CCc1nnc(NC(=O)CSc2nc3sc(C)c(-c4ccccc4)c3c(=O)[nH]2)s1. The van der Waals surface area contributed by atoms with E-state index in [1.807, 2.05) is 44.2 Å². The van der Waals surface area contributed by atoms with Crippen LogP contribution in [0.3, 0.4) is 0 Å². The van der Waals surface area contributed by atoms with Gasteiger partial charge in [-0.05, 0) is 18.9 Å². The summed E-state index contributed by atoms with van der Waals surface area (Å²) in [7, 11) is 0. The second kappa shape index (κ2) is 8.44. The number of amides is 1. The number of aromatic nitrogens is 4. The summed E-state index contributed by atoms with van der Waals surface area (Å²) in [6.45, 7) is 3.97. The van der Waals surface area contributed by atoms with Crippen LogP contribution in [0.15, 0.2) is 40.3 Å². The number of anilines is 1. The van der Waals surface area contributed by atoms with Gasteiger partial charge in [-0.15, -0.1) is 21.5 Å². The largest absolute Gasteiger partial charge is 0.301 e. The van der Waals surface area contributed by atoms with Crippen molar-refractivity contribution >= 4 is 55.7 Å². The predicted molar refractivity (Wildman–Crippen MR) is 119 cm³/mol. The van der Waals surface area contributed by atoms with Gasteiger partial charge in [0, 0.05) is 10.4 Å². The molecular formula is C19H17N5O2S3. The molecule has 0 aliphatic rings. The van der Waals surface area contributed by atoms with Gasteiger partial charge in [0.2, 0.25) is 11.0 Å². The number of hydrogen-bond donors (Lipinski definition) is 2. The molecule has 29 heavy (non-hydrogen) atoms. The standard InChI is InChI=1S/C19H17N5O2S3/c1-3-13-23-24-19(29-13)20-12(25)9-27-18-21-16(26)15-14(10(2)28-17(15)22-18)11-7-5-4-6-8-11/h4-8H,3,9H2,1-2H3,(H,20,24,25)(H,21,22,26). The van der Waals surface area contributed by atoms with Crippen LogP contribution in [0.5, 0.6) is 0 Å². The third-order valence-electron chi connectivity index (χ3n) is 4.13. The molecule has 4 aromatic rings. The lowest BCUT2D eigenvalue weighted by Crippen LogP contribution is -2.15. The molecule has 1 aromatic carbocycles. The topological polar surface area (TPSA) is 101 Å². The molecule has 0 fully saturated rings. The highest BCUT2D eigenvalue weighted by molar-refractivity contribution is 7.99. The van der Waals surface area contributed by atoms with E-state index in [1.165, 1.54) is 34.4 Å². The number of nitrogens with one attached hydrogen (secondary N) is 2. The third-order valence-corrected chi connectivity index (χ3v) is 6.99. The van der Waals surface area contributed by atoms with E-state index in [9.17, 15) is 9.59 Å². The zero-order chi connectivity index (χ0) is 20.4. The Labute approximate surface area is 178 Å². The molecule has 1 amide bonds. The lowest BCUT2D eigenvalue weighted by Gasteiger charge is -2.03. The number of thioether (sulfide) groups is 1. The lowest BCUT2D eigenvalue weighted by molar-refractivity contribution is -0.113. The molecule has 0 saturated heterocycles. The molecule has 0 aliphatic carbocycles. The maximum absolute atomic E-state index is 12.8. The molecule has 0 bridgehead atoms. The second-order valence-electron chi connectivity index (χ2n) is 6.14. The van der Waals surface area contributed by atoms with E-state index >= 15 is 0 Å². The highest BCUT2D eigenvalue weighted by atomic mass is 32.2. The van der Waals surface area contributed by atoms with Crippen LogP contribution in [0.1, 0.15) is 16.8 Å². The minimum atomic E-state index is -0.219. The summed E-state index contributed by atoms with van der Waals surface area (Å²) in [5.74, 6) is -0.102. The minimum Gasteiger partial charge on any atom is -0.301 e. The monoisotopic (exact) mass is 443 g/mol. The van der Waals surface area contributed by atoms with Gasteiger partial charge in [-0.2, -0.15) is 0 Å². The van der Waals surface area contributed by atoms with Crippen molar-refractivity contribution in [1.29, 1.82) is 0 Å². The van der Waals surface area contributed by atoms with Gasteiger partial charge in [-0.25, -0.2) is 4.98 Å². The summed E-state index contributed by atoms with van der Waals surface area (Å²) in [6, 6.07) is 9.81. The van der Waals surface area contributed by atoms with Crippen molar-refractivity contribution in [2.75, 3.05) is 11.1 Å². The van der Waals surface area contributed by atoms with Crippen molar-refractivity contribution < 1.29 is 4.79 Å². The van der Waals surface area contributed by atoms with Gasteiger partial charge in [0.25, 0.3) is 5.56 Å². The first-order valence-electron chi connectivity index (χ1n) is 8.89. The number of thiophene rings is 1. The number of carbonyl (C=O) groups excluding carboxylic acids is 1. The fraction of sp³-hybridized carbons (Fsp3) is 0.211. The van der Waals surface area contributed by atoms with Gasteiger partial charge < -0.3 is 4.98 Å². The van der Waals surface area contributed by atoms with Crippen molar-refractivity contribution in [3.63, 3.8) is 0 Å². The number of nitrogens with zero attached hydrogens (tertiary/aromatic N) is 3. The Morgan fingerprint density at radius 3 is 2.72 bits per heavy atom. The molecule has 0 spiro atoms. The van der Waals surface area contributed by atoms with Crippen LogP contribution >= 0.6 is 34.4 Å². The Balaban J connectivity index is 1.53. The highest BCUT2D eigenvalue weighted by Gasteiger charge is 2.17. The van der Waals surface area contributed by atoms with Crippen LogP contribution in [0.2, 0.25) is 0 Å². The molecule has 3 heterocycles. The van der Waals surface area contributed by atoms with Crippen LogP contribution in [0.25, 0.3) is 21.3 Å². The van der Waals surface area contributed by atoms with E-state index in [-0.39, 0.29) is 17.2 Å². The Hall–Kier alpha value is -2.56. The fourth-order valence-corrected chi connectivity index (χ4v) is 5.32. The van der Waals surface area contributed by atoms with Crippen molar-refractivity contribution in [1.82, 2.24) is 20.2 Å². The van der Waals surface area contributed by atoms with Crippen LogP contribution in [0.4, 0.5) is 5.13 Å². The molecule has 0 atom stereocenters. The lowest BCUT2D eigenvalue weighted by atomic mass is 10.0. The summed E-state index contributed by atoms with van der Waals surface area (Å²) in [4.78, 5) is 34.0. The molecule has 7 nitrogen and oxygen atoms in total. The van der Waals surface area contributed by atoms with E-state index in [1.54, 1.807) is 0 Å². The number of fused-ring (bicyclic) bond motifs is 1. The normalized spacial score (nSPS) is 11.1. The Morgan fingerprint density at radius 2 is 2.00 bits per heavy atom. The predicted octanol–water partition coefficient (Wildman–Crippen LogP) is 4.10. The van der Waals surface area contributed by atoms with Crippen LogP contribution in [-0.2, 0) is 11.2 Å². The molecule has 0 unspecified atom stereocenters.